The molecule has 1 amide bonds. The van der Waals surface area contributed by atoms with E-state index in [4.69, 9.17) is 9.84 Å². The molecule has 5 nitrogen and oxygen atoms in total. The Labute approximate surface area is 145 Å². The lowest BCUT2D eigenvalue weighted by molar-refractivity contribution is 0.0511. The highest BCUT2D eigenvalue weighted by Gasteiger charge is 2.25. The van der Waals surface area contributed by atoms with Crippen molar-refractivity contribution in [2.75, 3.05) is 31.2 Å². The first-order valence-electron chi connectivity index (χ1n) is 8.81. The number of hydrogen-bond donors (Lipinski definition) is 3. The van der Waals surface area contributed by atoms with Crippen LogP contribution in [0.25, 0.3) is 0 Å². The van der Waals surface area contributed by atoms with E-state index in [0.717, 1.165) is 30.9 Å². The van der Waals surface area contributed by atoms with E-state index in [9.17, 15) is 4.79 Å². The normalized spacial score (nSPS) is 21.9. The molecule has 2 atom stereocenters. The highest BCUT2D eigenvalue weighted by Crippen LogP contribution is 2.24. The highest BCUT2D eigenvalue weighted by atomic mass is 32.2. The van der Waals surface area contributed by atoms with Crippen molar-refractivity contribution in [3.05, 3.63) is 0 Å². The third kappa shape index (κ3) is 10.1. The molecule has 6 heteroatoms. The van der Waals surface area contributed by atoms with Gasteiger partial charge in [0.15, 0.2) is 0 Å². The van der Waals surface area contributed by atoms with Gasteiger partial charge in [-0.1, -0.05) is 12.8 Å². The van der Waals surface area contributed by atoms with E-state index in [0.29, 0.717) is 18.5 Å². The van der Waals surface area contributed by atoms with Crippen LogP contribution in [0, 0.1) is 5.92 Å². The minimum Gasteiger partial charge on any atom is -0.444 e. The van der Waals surface area contributed by atoms with E-state index < -0.39 is 5.60 Å². The van der Waals surface area contributed by atoms with Gasteiger partial charge in [-0.15, -0.1) is 0 Å². The van der Waals surface area contributed by atoms with Crippen LogP contribution in [0.5, 0.6) is 0 Å². The Hall–Kier alpha value is -0.460. The number of thioether (sulfide) groups is 1. The number of hydrogen-bond acceptors (Lipinski definition) is 5. The quantitative estimate of drug-likeness (QED) is 0.560. The van der Waals surface area contributed by atoms with Gasteiger partial charge >= 0.3 is 6.09 Å². The Morgan fingerprint density at radius 1 is 1.26 bits per heavy atom. The predicted octanol–water partition coefficient (Wildman–Crippen LogP) is 2.78. The van der Waals surface area contributed by atoms with Crippen molar-refractivity contribution in [1.29, 1.82) is 0 Å². The van der Waals surface area contributed by atoms with E-state index >= 15 is 0 Å². The van der Waals surface area contributed by atoms with Crippen LogP contribution in [0.3, 0.4) is 0 Å². The fourth-order valence-electron chi connectivity index (χ4n) is 2.83. The van der Waals surface area contributed by atoms with E-state index in [2.05, 4.69) is 10.6 Å². The number of amides is 1. The van der Waals surface area contributed by atoms with Gasteiger partial charge in [0, 0.05) is 31.5 Å². The average Bonchev–Trinajstić information content (AvgIpc) is 2.48. The molecule has 136 valence electrons. The van der Waals surface area contributed by atoms with Gasteiger partial charge in [0.1, 0.15) is 5.60 Å². The molecule has 1 aliphatic carbocycles. The molecule has 0 aromatic carbocycles. The summed E-state index contributed by atoms with van der Waals surface area (Å²) < 4.78 is 5.31. The molecule has 0 radical (unpaired) electrons. The first-order chi connectivity index (χ1) is 10.9. The Kier molecular flexibility index (Phi) is 9.99. The number of alkyl carbamates (subject to hydrolysis) is 1. The van der Waals surface area contributed by atoms with Crippen LogP contribution in [0.1, 0.15) is 52.9 Å². The Morgan fingerprint density at radius 2 is 2.00 bits per heavy atom. The van der Waals surface area contributed by atoms with Gasteiger partial charge in [0.25, 0.3) is 0 Å². The molecule has 1 rings (SSSR count). The van der Waals surface area contributed by atoms with E-state index in [1.165, 1.54) is 19.3 Å². The van der Waals surface area contributed by atoms with Crippen molar-refractivity contribution in [2.24, 2.45) is 5.92 Å². The average molecular weight is 347 g/mol. The zero-order valence-electron chi connectivity index (χ0n) is 14.9. The number of aliphatic hydroxyl groups excluding tert-OH is 1. The van der Waals surface area contributed by atoms with E-state index in [-0.39, 0.29) is 12.7 Å². The lowest BCUT2D eigenvalue weighted by Gasteiger charge is -2.32. The van der Waals surface area contributed by atoms with Crippen molar-refractivity contribution in [1.82, 2.24) is 10.6 Å². The Balaban J connectivity index is 2.24. The smallest absolute Gasteiger partial charge is 0.407 e. The minimum absolute atomic E-state index is 0.279. The summed E-state index contributed by atoms with van der Waals surface area (Å²) >= 11 is 1.88. The van der Waals surface area contributed by atoms with Crippen molar-refractivity contribution in [3.63, 3.8) is 0 Å². The van der Waals surface area contributed by atoms with Crippen LogP contribution in [0.15, 0.2) is 0 Å². The molecule has 2 unspecified atom stereocenters. The first kappa shape index (κ1) is 20.6. The predicted molar refractivity (Wildman–Crippen MR) is 97.0 cm³/mol. The number of carbonyl (C=O) groups is 1. The summed E-state index contributed by atoms with van der Waals surface area (Å²) in [5.74, 6) is 2.58. The second-order valence-corrected chi connectivity index (χ2v) is 8.40. The van der Waals surface area contributed by atoms with Crippen LogP contribution >= 0.6 is 11.8 Å². The van der Waals surface area contributed by atoms with Crippen molar-refractivity contribution < 1.29 is 14.6 Å². The standard InChI is InChI=1S/C17H34N2O3S/c1-17(2,3)22-16(21)19-13-14-7-4-5-8-15(14)18-9-12-23-11-6-10-20/h14-15,18,20H,4-13H2,1-3H3,(H,19,21). The van der Waals surface area contributed by atoms with Crippen molar-refractivity contribution in [2.45, 2.75) is 64.5 Å². The highest BCUT2D eigenvalue weighted by molar-refractivity contribution is 7.99. The van der Waals surface area contributed by atoms with Gasteiger partial charge in [-0.3, -0.25) is 0 Å². The molecule has 1 aliphatic rings. The summed E-state index contributed by atoms with van der Waals surface area (Å²) in [5, 5.41) is 15.3. The topological polar surface area (TPSA) is 70.6 Å². The molecule has 0 heterocycles. The fraction of sp³-hybridized carbons (Fsp3) is 0.941. The number of rotatable bonds is 9. The maximum absolute atomic E-state index is 11.8. The fourth-order valence-corrected chi connectivity index (χ4v) is 3.63. The van der Waals surface area contributed by atoms with Gasteiger partial charge < -0.3 is 20.5 Å². The molecule has 1 fully saturated rings. The third-order valence-corrected chi connectivity index (χ3v) is 4.99. The van der Waals surface area contributed by atoms with Gasteiger partial charge in [0.2, 0.25) is 0 Å². The summed E-state index contributed by atoms with van der Waals surface area (Å²) in [4.78, 5) is 11.8. The molecule has 3 N–H and O–H groups in total. The first-order valence-corrected chi connectivity index (χ1v) is 9.96. The zero-order chi connectivity index (χ0) is 17.1. The summed E-state index contributed by atoms with van der Waals surface area (Å²) in [6, 6.07) is 0.483. The van der Waals surface area contributed by atoms with Crippen molar-refractivity contribution in [3.8, 4) is 0 Å². The number of nitrogens with one attached hydrogen (secondary N) is 2. The van der Waals surface area contributed by atoms with Gasteiger partial charge in [-0.2, -0.15) is 11.8 Å². The molecular weight excluding hydrogens is 312 g/mol. The number of ether oxygens (including phenoxy) is 1. The number of aliphatic hydroxyl groups is 1. The Morgan fingerprint density at radius 3 is 2.70 bits per heavy atom. The molecule has 0 saturated heterocycles. The maximum atomic E-state index is 11.8. The van der Waals surface area contributed by atoms with Crippen LogP contribution < -0.4 is 10.6 Å². The SMILES string of the molecule is CC(C)(C)OC(=O)NCC1CCCCC1NCCSCCCO. The molecule has 0 spiro atoms. The number of carbonyl (C=O) groups excluding carboxylic acids is 1. The molecule has 0 bridgehead atoms. The Bertz CT molecular complexity index is 334. The molecule has 23 heavy (non-hydrogen) atoms. The third-order valence-electron chi connectivity index (χ3n) is 3.92. The second-order valence-electron chi connectivity index (χ2n) is 7.18. The largest absolute Gasteiger partial charge is 0.444 e. The second kappa shape index (κ2) is 11.2. The summed E-state index contributed by atoms with van der Waals surface area (Å²) in [5.41, 5.74) is -0.444. The molecule has 1 saturated carbocycles. The van der Waals surface area contributed by atoms with Crippen LogP contribution in [0.2, 0.25) is 0 Å². The molecular formula is C17H34N2O3S. The lowest BCUT2D eigenvalue weighted by Crippen LogP contribution is -2.45. The maximum Gasteiger partial charge on any atom is 0.407 e. The van der Waals surface area contributed by atoms with Crippen LogP contribution in [-0.4, -0.2) is 54.0 Å². The summed E-state index contributed by atoms with van der Waals surface area (Å²) in [6.07, 6.45) is 5.40. The molecule has 0 aromatic heterocycles. The lowest BCUT2D eigenvalue weighted by atomic mass is 9.84. The van der Waals surface area contributed by atoms with Crippen LogP contribution in [-0.2, 0) is 4.74 Å². The van der Waals surface area contributed by atoms with Gasteiger partial charge in [-0.05, 0) is 51.7 Å². The molecule has 0 aromatic rings. The van der Waals surface area contributed by atoms with E-state index in [1.807, 2.05) is 32.5 Å². The monoisotopic (exact) mass is 346 g/mol. The summed E-state index contributed by atoms with van der Waals surface area (Å²) in [6.45, 7) is 7.60. The van der Waals surface area contributed by atoms with Crippen LogP contribution in [0.4, 0.5) is 4.79 Å². The zero-order valence-corrected chi connectivity index (χ0v) is 15.7. The van der Waals surface area contributed by atoms with Gasteiger partial charge in [0.05, 0.1) is 0 Å². The minimum atomic E-state index is -0.444. The summed E-state index contributed by atoms with van der Waals surface area (Å²) in [7, 11) is 0. The molecule has 0 aliphatic heterocycles. The van der Waals surface area contributed by atoms with Crippen molar-refractivity contribution >= 4 is 17.9 Å². The van der Waals surface area contributed by atoms with Gasteiger partial charge in [-0.25, -0.2) is 4.79 Å². The van der Waals surface area contributed by atoms with E-state index in [1.54, 1.807) is 0 Å².